The minimum absolute atomic E-state index is 0.0414. The van der Waals surface area contributed by atoms with E-state index in [0.717, 1.165) is 10.8 Å². The van der Waals surface area contributed by atoms with E-state index in [1.54, 1.807) is 19.4 Å². The smallest absolute Gasteiger partial charge is 0.261 e. The average molecular weight is 428 g/mol. The Morgan fingerprint density at radius 1 is 1.21 bits per heavy atom. The van der Waals surface area contributed by atoms with Crippen molar-refractivity contribution >= 4 is 44.2 Å². The Hall–Kier alpha value is -3.03. The first-order valence-electron chi connectivity index (χ1n) is 8.67. The van der Waals surface area contributed by atoms with Crippen molar-refractivity contribution < 1.29 is 13.9 Å². The lowest BCUT2D eigenvalue weighted by molar-refractivity contribution is 0.0985. The van der Waals surface area contributed by atoms with E-state index in [4.69, 9.17) is 16.3 Å². The van der Waals surface area contributed by atoms with Crippen LogP contribution in [0.3, 0.4) is 0 Å². The number of carbonyl (C=O) groups excluding carboxylic acids is 1. The summed E-state index contributed by atoms with van der Waals surface area (Å²) in [6.07, 6.45) is 1.66. The number of fused-ring (bicyclic) bond motifs is 1. The zero-order valence-corrected chi connectivity index (χ0v) is 16.9. The third-order valence-electron chi connectivity index (χ3n) is 4.27. The van der Waals surface area contributed by atoms with Crippen LogP contribution < -0.4 is 9.64 Å². The van der Waals surface area contributed by atoms with Crippen molar-refractivity contribution in [3.05, 3.63) is 82.9 Å². The van der Waals surface area contributed by atoms with E-state index in [1.807, 2.05) is 30.3 Å². The number of methoxy groups -OCH3 is 1. The van der Waals surface area contributed by atoms with Gasteiger partial charge in [0.05, 0.1) is 34.6 Å². The lowest BCUT2D eigenvalue weighted by atomic mass is 10.2. The molecule has 0 aliphatic rings. The second-order valence-electron chi connectivity index (χ2n) is 6.14. The molecule has 2 heterocycles. The molecule has 2 aromatic carbocycles. The van der Waals surface area contributed by atoms with Crippen molar-refractivity contribution in [1.29, 1.82) is 0 Å². The van der Waals surface area contributed by atoms with Gasteiger partial charge in [-0.15, -0.1) is 0 Å². The Bertz CT molecular complexity index is 1180. The van der Waals surface area contributed by atoms with Gasteiger partial charge in [-0.1, -0.05) is 35.1 Å². The molecule has 0 radical (unpaired) electrons. The van der Waals surface area contributed by atoms with E-state index in [2.05, 4.69) is 9.97 Å². The molecule has 29 heavy (non-hydrogen) atoms. The number of nitrogens with zero attached hydrogens (tertiary/aromatic N) is 3. The molecule has 146 valence electrons. The fourth-order valence-corrected chi connectivity index (χ4v) is 4.11. The van der Waals surface area contributed by atoms with Crippen LogP contribution in [0, 0.1) is 5.82 Å². The highest BCUT2D eigenvalue weighted by Crippen LogP contribution is 2.35. The summed E-state index contributed by atoms with van der Waals surface area (Å²) in [6, 6.07) is 14.8. The number of aromatic nitrogens is 2. The Morgan fingerprint density at radius 2 is 2.07 bits per heavy atom. The van der Waals surface area contributed by atoms with Crippen molar-refractivity contribution in [1.82, 2.24) is 9.97 Å². The zero-order chi connectivity index (χ0) is 20.4. The van der Waals surface area contributed by atoms with Crippen LogP contribution in [0.2, 0.25) is 5.02 Å². The maximum atomic E-state index is 13.5. The van der Waals surface area contributed by atoms with Crippen molar-refractivity contribution in [3.8, 4) is 5.75 Å². The van der Waals surface area contributed by atoms with Gasteiger partial charge in [0.25, 0.3) is 5.91 Å². The van der Waals surface area contributed by atoms with Gasteiger partial charge in [-0.05, 0) is 42.5 Å². The quantitative estimate of drug-likeness (QED) is 0.431. The summed E-state index contributed by atoms with van der Waals surface area (Å²) in [4.78, 5) is 23.8. The van der Waals surface area contributed by atoms with E-state index in [-0.39, 0.29) is 17.1 Å². The van der Waals surface area contributed by atoms with E-state index in [1.165, 1.54) is 28.4 Å². The lowest BCUT2D eigenvalue weighted by Crippen LogP contribution is -2.31. The highest BCUT2D eigenvalue weighted by molar-refractivity contribution is 7.22. The third-order valence-corrected chi connectivity index (χ3v) is 5.63. The van der Waals surface area contributed by atoms with Crippen LogP contribution in [0.5, 0.6) is 5.75 Å². The highest BCUT2D eigenvalue weighted by Gasteiger charge is 2.25. The monoisotopic (exact) mass is 427 g/mol. The maximum absolute atomic E-state index is 13.5. The molecule has 4 rings (SSSR count). The van der Waals surface area contributed by atoms with Gasteiger partial charge < -0.3 is 4.74 Å². The molecule has 0 unspecified atom stereocenters. The van der Waals surface area contributed by atoms with Crippen molar-refractivity contribution in [2.75, 3.05) is 12.0 Å². The lowest BCUT2D eigenvalue weighted by Gasteiger charge is -2.20. The van der Waals surface area contributed by atoms with Gasteiger partial charge in [0.2, 0.25) is 0 Å². The second kappa shape index (κ2) is 8.14. The Labute approximate surface area is 175 Å². The number of para-hydroxylation sites is 1. The molecular weight excluding hydrogens is 413 g/mol. The highest BCUT2D eigenvalue weighted by atomic mass is 35.5. The molecule has 4 aromatic rings. The molecule has 2 aromatic heterocycles. The first kappa shape index (κ1) is 19.3. The molecular formula is C21H15ClFN3O2S. The normalized spacial score (nSPS) is 10.9. The number of hydrogen-bond donors (Lipinski definition) is 0. The maximum Gasteiger partial charge on any atom is 0.261 e. The van der Waals surface area contributed by atoms with Crippen LogP contribution >= 0.6 is 22.9 Å². The van der Waals surface area contributed by atoms with Crippen LogP contribution in [0.15, 0.2) is 60.8 Å². The van der Waals surface area contributed by atoms with Gasteiger partial charge in [-0.2, -0.15) is 0 Å². The van der Waals surface area contributed by atoms with Gasteiger partial charge >= 0.3 is 0 Å². The van der Waals surface area contributed by atoms with Crippen molar-refractivity contribution in [2.45, 2.75) is 6.54 Å². The number of anilines is 1. The largest absolute Gasteiger partial charge is 0.494 e. The SMILES string of the molecule is COc1cccc2sc(N(Cc3ccccn3)C(=O)c3ccc(F)cc3Cl)nc12. The van der Waals surface area contributed by atoms with Crippen LogP contribution in [0.1, 0.15) is 16.1 Å². The molecule has 5 nitrogen and oxygen atoms in total. The molecule has 0 saturated heterocycles. The minimum Gasteiger partial charge on any atom is -0.494 e. The number of pyridine rings is 1. The molecule has 0 fully saturated rings. The van der Waals surface area contributed by atoms with E-state index in [9.17, 15) is 9.18 Å². The Balaban J connectivity index is 1.81. The summed E-state index contributed by atoms with van der Waals surface area (Å²) < 4.78 is 19.7. The fourth-order valence-electron chi connectivity index (χ4n) is 2.88. The van der Waals surface area contributed by atoms with Gasteiger partial charge in [-0.25, -0.2) is 9.37 Å². The van der Waals surface area contributed by atoms with Gasteiger partial charge in [-0.3, -0.25) is 14.7 Å². The number of hydrogen-bond acceptors (Lipinski definition) is 5. The molecule has 0 N–H and O–H groups in total. The molecule has 8 heteroatoms. The zero-order valence-electron chi connectivity index (χ0n) is 15.3. The number of carbonyl (C=O) groups is 1. The third kappa shape index (κ3) is 3.92. The number of amides is 1. The number of benzene rings is 2. The summed E-state index contributed by atoms with van der Waals surface area (Å²) in [5.74, 6) is -0.277. The molecule has 0 saturated carbocycles. The fraction of sp³-hybridized carbons (Fsp3) is 0.0952. The first-order valence-corrected chi connectivity index (χ1v) is 9.86. The van der Waals surface area contributed by atoms with E-state index >= 15 is 0 Å². The van der Waals surface area contributed by atoms with Gasteiger partial charge in [0.15, 0.2) is 5.13 Å². The predicted molar refractivity (Wildman–Crippen MR) is 112 cm³/mol. The number of ether oxygens (including phenoxy) is 1. The summed E-state index contributed by atoms with van der Waals surface area (Å²) in [5.41, 5.74) is 1.54. The number of rotatable bonds is 5. The molecule has 1 amide bonds. The minimum atomic E-state index is -0.507. The van der Waals surface area contributed by atoms with Gasteiger partial charge in [0.1, 0.15) is 17.1 Å². The average Bonchev–Trinajstić information content (AvgIpc) is 3.16. The van der Waals surface area contributed by atoms with Crippen molar-refractivity contribution in [3.63, 3.8) is 0 Å². The van der Waals surface area contributed by atoms with Crippen LogP contribution in [0.25, 0.3) is 10.2 Å². The Morgan fingerprint density at radius 3 is 2.79 bits per heavy atom. The Kier molecular flexibility index (Phi) is 5.42. The van der Waals surface area contributed by atoms with Gasteiger partial charge in [0, 0.05) is 6.20 Å². The second-order valence-corrected chi connectivity index (χ2v) is 7.56. The van der Waals surface area contributed by atoms with Crippen LogP contribution in [-0.4, -0.2) is 23.0 Å². The molecule has 0 bridgehead atoms. The standard InChI is InChI=1S/C21H15ClFN3O2S/c1-28-17-6-4-7-18-19(17)25-21(29-18)26(12-14-5-2-3-10-24-14)20(27)15-9-8-13(23)11-16(15)22/h2-11H,12H2,1H3. The van der Waals surface area contributed by atoms with Crippen molar-refractivity contribution in [2.24, 2.45) is 0 Å². The van der Waals surface area contributed by atoms with Crippen LogP contribution in [-0.2, 0) is 6.54 Å². The topological polar surface area (TPSA) is 55.3 Å². The molecule has 0 aliphatic heterocycles. The number of thiazole rings is 1. The van der Waals surface area contributed by atoms with E-state index in [0.29, 0.717) is 22.1 Å². The predicted octanol–water partition coefficient (Wildman–Crippen LogP) is 5.34. The summed E-state index contributed by atoms with van der Waals surface area (Å²) in [6.45, 7) is 0.190. The van der Waals surface area contributed by atoms with Crippen LogP contribution in [0.4, 0.5) is 9.52 Å². The molecule has 0 spiro atoms. The first-order chi connectivity index (χ1) is 14.1. The summed E-state index contributed by atoms with van der Waals surface area (Å²) in [5, 5.41) is 0.514. The number of halogens is 2. The van der Waals surface area contributed by atoms with E-state index < -0.39 is 11.7 Å². The molecule has 0 atom stereocenters. The summed E-state index contributed by atoms with van der Waals surface area (Å²) in [7, 11) is 1.57. The summed E-state index contributed by atoms with van der Waals surface area (Å²) >= 11 is 7.50. The molecule has 0 aliphatic carbocycles.